The van der Waals surface area contributed by atoms with Gasteiger partial charge in [0, 0.05) is 31.1 Å². The molecule has 134 valence electrons. The highest BCUT2D eigenvalue weighted by molar-refractivity contribution is 5.81. The van der Waals surface area contributed by atoms with Crippen LogP contribution in [0.25, 0.3) is 11.0 Å². The van der Waals surface area contributed by atoms with Crippen molar-refractivity contribution in [3.8, 4) is 0 Å². The van der Waals surface area contributed by atoms with Crippen molar-refractivity contribution in [2.24, 2.45) is 0 Å². The molecule has 1 N–H and O–H groups in total. The number of carbonyl (C=O) groups is 1. The predicted molar refractivity (Wildman–Crippen MR) is 95.4 cm³/mol. The van der Waals surface area contributed by atoms with Gasteiger partial charge in [-0.15, -0.1) is 0 Å². The van der Waals surface area contributed by atoms with E-state index in [0.717, 1.165) is 16.5 Å². The van der Waals surface area contributed by atoms with Crippen molar-refractivity contribution >= 4 is 16.9 Å². The maximum Gasteiger partial charge on any atom is 0.336 e. The van der Waals surface area contributed by atoms with Crippen molar-refractivity contribution in [1.29, 1.82) is 0 Å². The van der Waals surface area contributed by atoms with Crippen molar-refractivity contribution in [3.63, 3.8) is 0 Å². The average Bonchev–Trinajstić information content (AvgIpc) is 2.54. The first-order chi connectivity index (χ1) is 11.9. The number of likely N-dealkylation sites (tertiary alicyclic amines) is 1. The molecular weight excluding hydrogens is 320 g/mol. The van der Waals surface area contributed by atoms with E-state index in [-0.39, 0.29) is 24.2 Å². The van der Waals surface area contributed by atoms with Gasteiger partial charge in [-0.2, -0.15) is 0 Å². The fourth-order valence-corrected chi connectivity index (χ4v) is 3.26. The van der Waals surface area contributed by atoms with Crippen LogP contribution in [0.4, 0.5) is 0 Å². The van der Waals surface area contributed by atoms with E-state index >= 15 is 0 Å². The molecule has 0 saturated carbocycles. The summed E-state index contributed by atoms with van der Waals surface area (Å²) in [6.07, 6.45) is 0.985. The largest absolute Gasteiger partial charge is 0.423 e. The zero-order valence-electron chi connectivity index (χ0n) is 14.7. The third kappa shape index (κ3) is 4.27. The molecule has 6 nitrogen and oxygen atoms in total. The number of carbonyl (C=O) groups excluding carboxylic acids is 1. The SMILES string of the molecule is Cc1ccc2c(CN(C)CC(=O)N3CCC(O)CC3)cc(=O)oc2c1. The zero-order valence-corrected chi connectivity index (χ0v) is 14.7. The van der Waals surface area contributed by atoms with Crippen LogP contribution in [0.1, 0.15) is 24.0 Å². The molecule has 1 aliphatic rings. The Hall–Kier alpha value is -2.18. The summed E-state index contributed by atoms with van der Waals surface area (Å²) in [4.78, 5) is 27.9. The summed E-state index contributed by atoms with van der Waals surface area (Å²) in [5, 5.41) is 10.4. The number of fused-ring (bicyclic) bond motifs is 1. The van der Waals surface area contributed by atoms with E-state index in [1.807, 2.05) is 37.1 Å². The Kier molecular flexibility index (Phi) is 5.20. The highest BCUT2D eigenvalue weighted by atomic mass is 16.4. The number of benzene rings is 1. The van der Waals surface area contributed by atoms with Gasteiger partial charge in [0.1, 0.15) is 5.58 Å². The summed E-state index contributed by atoms with van der Waals surface area (Å²) in [5.74, 6) is 0.0533. The van der Waals surface area contributed by atoms with Crippen LogP contribution in [0.5, 0.6) is 0 Å². The summed E-state index contributed by atoms with van der Waals surface area (Å²) in [6, 6.07) is 7.28. The molecule has 3 rings (SSSR count). The van der Waals surface area contributed by atoms with Gasteiger partial charge in [-0.25, -0.2) is 4.79 Å². The molecule has 0 unspecified atom stereocenters. The molecule has 0 radical (unpaired) electrons. The Labute approximate surface area is 146 Å². The topological polar surface area (TPSA) is 74.0 Å². The van der Waals surface area contributed by atoms with E-state index in [1.54, 1.807) is 4.90 Å². The van der Waals surface area contributed by atoms with Crippen LogP contribution in [0.2, 0.25) is 0 Å². The Bertz CT molecular complexity index is 822. The maximum atomic E-state index is 12.4. The summed E-state index contributed by atoms with van der Waals surface area (Å²) >= 11 is 0. The molecule has 6 heteroatoms. The Morgan fingerprint density at radius 2 is 2.04 bits per heavy atom. The van der Waals surface area contributed by atoms with E-state index in [0.29, 0.717) is 38.1 Å². The smallest absolute Gasteiger partial charge is 0.336 e. The Balaban J connectivity index is 1.70. The van der Waals surface area contributed by atoms with Crippen LogP contribution in [0, 0.1) is 6.92 Å². The average molecular weight is 344 g/mol. The molecule has 1 amide bonds. The van der Waals surface area contributed by atoms with E-state index in [1.165, 1.54) is 6.07 Å². The Morgan fingerprint density at radius 3 is 2.76 bits per heavy atom. The number of amides is 1. The number of nitrogens with zero attached hydrogens (tertiary/aromatic N) is 2. The van der Waals surface area contributed by atoms with Gasteiger partial charge in [0.2, 0.25) is 5.91 Å². The number of hydrogen-bond donors (Lipinski definition) is 1. The lowest BCUT2D eigenvalue weighted by Gasteiger charge is -2.31. The highest BCUT2D eigenvalue weighted by Crippen LogP contribution is 2.19. The van der Waals surface area contributed by atoms with E-state index < -0.39 is 0 Å². The van der Waals surface area contributed by atoms with Crippen molar-refractivity contribution in [2.75, 3.05) is 26.7 Å². The van der Waals surface area contributed by atoms with Gasteiger partial charge in [0.15, 0.2) is 0 Å². The van der Waals surface area contributed by atoms with E-state index in [9.17, 15) is 14.7 Å². The summed E-state index contributed by atoms with van der Waals surface area (Å²) < 4.78 is 5.28. The normalized spacial score (nSPS) is 15.9. The molecule has 0 aliphatic carbocycles. The van der Waals surface area contributed by atoms with Crippen molar-refractivity contribution in [2.45, 2.75) is 32.4 Å². The fraction of sp³-hybridized carbons (Fsp3) is 0.474. The molecule has 0 atom stereocenters. The maximum absolute atomic E-state index is 12.4. The van der Waals surface area contributed by atoms with Crippen LogP contribution in [-0.4, -0.2) is 53.6 Å². The number of aryl methyl sites for hydroxylation is 1. The van der Waals surface area contributed by atoms with Crippen LogP contribution >= 0.6 is 0 Å². The minimum absolute atomic E-state index is 0.0533. The van der Waals surface area contributed by atoms with Crippen molar-refractivity contribution in [3.05, 3.63) is 45.8 Å². The van der Waals surface area contributed by atoms with Crippen molar-refractivity contribution < 1.29 is 14.3 Å². The second-order valence-corrected chi connectivity index (χ2v) is 6.87. The molecule has 2 heterocycles. The number of aliphatic hydroxyl groups excluding tert-OH is 1. The lowest BCUT2D eigenvalue weighted by molar-refractivity contribution is -0.134. The molecule has 1 aromatic carbocycles. The molecule has 0 bridgehead atoms. The number of piperidine rings is 1. The van der Waals surface area contributed by atoms with Gasteiger partial charge in [-0.3, -0.25) is 9.69 Å². The monoisotopic (exact) mass is 344 g/mol. The minimum Gasteiger partial charge on any atom is -0.423 e. The second-order valence-electron chi connectivity index (χ2n) is 6.87. The summed E-state index contributed by atoms with van der Waals surface area (Å²) in [6.45, 7) is 3.93. The highest BCUT2D eigenvalue weighted by Gasteiger charge is 2.22. The minimum atomic E-state index is -0.377. The standard InChI is InChI=1S/C19H24N2O4/c1-13-3-4-16-14(10-19(24)25-17(16)9-13)11-20(2)12-18(23)21-7-5-15(22)6-8-21/h3-4,9-10,15,22H,5-8,11-12H2,1-2H3. The van der Waals surface area contributed by atoms with Crippen LogP contribution < -0.4 is 5.63 Å². The lowest BCUT2D eigenvalue weighted by Crippen LogP contribution is -2.44. The van der Waals surface area contributed by atoms with Crippen molar-refractivity contribution in [1.82, 2.24) is 9.80 Å². The first-order valence-electron chi connectivity index (χ1n) is 8.60. The molecule has 1 aromatic heterocycles. The molecule has 1 saturated heterocycles. The number of aliphatic hydroxyl groups is 1. The molecule has 2 aromatic rings. The predicted octanol–water partition coefficient (Wildman–Crippen LogP) is 1.52. The molecule has 1 aliphatic heterocycles. The third-order valence-electron chi connectivity index (χ3n) is 4.65. The van der Waals surface area contributed by atoms with E-state index in [2.05, 4.69) is 0 Å². The lowest BCUT2D eigenvalue weighted by atomic mass is 10.1. The molecule has 25 heavy (non-hydrogen) atoms. The quantitative estimate of drug-likeness (QED) is 0.851. The molecule has 0 spiro atoms. The second kappa shape index (κ2) is 7.37. The van der Waals surface area contributed by atoms with Gasteiger partial charge in [-0.05, 0) is 44.0 Å². The number of hydrogen-bond acceptors (Lipinski definition) is 5. The van der Waals surface area contributed by atoms with Crippen LogP contribution in [-0.2, 0) is 11.3 Å². The summed E-state index contributed by atoms with van der Waals surface area (Å²) in [5.41, 5.74) is 2.09. The first kappa shape index (κ1) is 17.6. The van der Waals surface area contributed by atoms with Gasteiger partial charge >= 0.3 is 5.63 Å². The molecule has 1 fully saturated rings. The summed E-state index contributed by atoms with van der Waals surface area (Å²) in [7, 11) is 1.87. The molecular formula is C19H24N2O4. The number of rotatable bonds is 4. The number of likely N-dealkylation sites (N-methyl/N-ethyl adjacent to an activating group) is 1. The zero-order chi connectivity index (χ0) is 18.0. The fourth-order valence-electron chi connectivity index (χ4n) is 3.26. The van der Waals surface area contributed by atoms with E-state index in [4.69, 9.17) is 4.42 Å². The van der Waals surface area contributed by atoms with Crippen LogP contribution in [0.3, 0.4) is 0 Å². The third-order valence-corrected chi connectivity index (χ3v) is 4.65. The van der Waals surface area contributed by atoms with Gasteiger partial charge < -0.3 is 14.4 Å². The van der Waals surface area contributed by atoms with Gasteiger partial charge in [0.25, 0.3) is 0 Å². The van der Waals surface area contributed by atoms with Gasteiger partial charge in [0.05, 0.1) is 12.6 Å². The first-order valence-corrected chi connectivity index (χ1v) is 8.60. The van der Waals surface area contributed by atoms with Gasteiger partial charge in [-0.1, -0.05) is 12.1 Å². The van der Waals surface area contributed by atoms with Crippen LogP contribution in [0.15, 0.2) is 33.5 Å². The Morgan fingerprint density at radius 1 is 1.32 bits per heavy atom.